The van der Waals surface area contributed by atoms with Gasteiger partial charge in [0.1, 0.15) is 0 Å². The van der Waals surface area contributed by atoms with Gasteiger partial charge in [-0.3, -0.25) is 0 Å². The zero-order valence-corrected chi connectivity index (χ0v) is 9.08. The van der Waals surface area contributed by atoms with Gasteiger partial charge in [-0.05, 0) is 6.08 Å². The lowest BCUT2D eigenvalue weighted by Gasteiger charge is -2.29. The van der Waals surface area contributed by atoms with Gasteiger partial charge in [0.2, 0.25) is 5.79 Å². The van der Waals surface area contributed by atoms with E-state index >= 15 is 0 Å². The summed E-state index contributed by atoms with van der Waals surface area (Å²) < 4.78 is 9.45. The van der Waals surface area contributed by atoms with Crippen molar-refractivity contribution in [3.63, 3.8) is 0 Å². The van der Waals surface area contributed by atoms with Crippen LogP contribution in [0.5, 0.6) is 0 Å². The average Bonchev–Trinajstić information content (AvgIpc) is 2.28. The predicted octanol–water partition coefficient (Wildman–Crippen LogP) is 1.44. The number of rotatable bonds is 3. The molecule has 0 aromatic carbocycles. The van der Waals surface area contributed by atoms with Crippen molar-refractivity contribution in [2.45, 2.75) is 12.2 Å². The third-order valence-corrected chi connectivity index (χ3v) is 2.53. The number of hydrogen-bond acceptors (Lipinski definition) is 5. The van der Waals surface area contributed by atoms with Crippen LogP contribution >= 0.6 is 11.6 Å². The Hall–Kier alpha value is -0.880. The number of methoxy groups -OCH3 is 2. The van der Waals surface area contributed by atoms with Crippen LogP contribution in [-0.4, -0.2) is 31.2 Å². The molecule has 1 rings (SSSR count). The zero-order valence-electron chi connectivity index (χ0n) is 8.32. The van der Waals surface area contributed by atoms with E-state index in [2.05, 4.69) is 9.62 Å². The van der Waals surface area contributed by atoms with Gasteiger partial charge in [-0.2, -0.15) is 4.89 Å². The first kappa shape index (κ1) is 12.2. The quantitative estimate of drug-likeness (QED) is 0.347. The molecular weight excluding hydrogens is 224 g/mol. The molecule has 0 aliphatic heterocycles. The molecule has 0 saturated heterocycles. The molecule has 1 aliphatic carbocycles. The number of carbonyl (C=O) groups excluding carboxylic acids is 1. The van der Waals surface area contributed by atoms with Crippen LogP contribution in [0, 0.1) is 0 Å². The summed E-state index contributed by atoms with van der Waals surface area (Å²) in [6.07, 6.45) is 2.97. The van der Waals surface area contributed by atoms with Gasteiger partial charge >= 0.3 is 5.97 Å². The minimum atomic E-state index is -1.42. The topological polar surface area (TPSA) is 65.0 Å². The van der Waals surface area contributed by atoms with Crippen LogP contribution in [0.15, 0.2) is 22.8 Å². The molecule has 0 saturated carbocycles. The molecule has 1 unspecified atom stereocenters. The fourth-order valence-corrected chi connectivity index (χ4v) is 1.51. The summed E-state index contributed by atoms with van der Waals surface area (Å²) in [4.78, 5) is 15.3. The second kappa shape index (κ2) is 4.76. The van der Waals surface area contributed by atoms with Crippen LogP contribution < -0.4 is 0 Å². The van der Waals surface area contributed by atoms with Crippen LogP contribution in [0.3, 0.4) is 0 Å². The van der Waals surface area contributed by atoms with Crippen molar-refractivity contribution in [1.82, 2.24) is 0 Å². The van der Waals surface area contributed by atoms with E-state index in [4.69, 9.17) is 21.6 Å². The maximum absolute atomic E-state index is 11.2. The second-order valence-electron chi connectivity index (χ2n) is 2.90. The Balaban J connectivity index is 2.93. The van der Waals surface area contributed by atoms with Crippen molar-refractivity contribution in [3.8, 4) is 0 Å². The van der Waals surface area contributed by atoms with Gasteiger partial charge in [-0.25, -0.2) is 10.1 Å². The number of carbonyl (C=O) groups is 1. The molecule has 15 heavy (non-hydrogen) atoms. The van der Waals surface area contributed by atoms with Gasteiger partial charge in [-0.15, -0.1) is 0 Å². The highest BCUT2D eigenvalue weighted by atomic mass is 35.5. The zero-order chi connectivity index (χ0) is 11.5. The highest BCUT2D eigenvalue weighted by molar-refractivity contribution is 6.31. The van der Waals surface area contributed by atoms with Crippen LogP contribution in [0.25, 0.3) is 0 Å². The van der Waals surface area contributed by atoms with Gasteiger partial charge in [0.05, 0.1) is 17.7 Å². The summed E-state index contributed by atoms with van der Waals surface area (Å²) in [5.41, 5.74) is 0.298. The molecule has 0 radical (unpaired) electrons. The molecule has 0 aromatic rings. The maximum Gasteiger partial charge on any atom is 0.337 e. The molecule has 0 aromatic heterocycles. The fraction of sp³-hybridized carbons (Fsp3) is 0.444. The molecule has 0 spiro atoms. The molecule has 84 valence electrons. The summed E-state index contributed by atoms with van der Waals surface area (Å²) in [6, 6.07) is 0. The third-order valence-electron chi connectivity index (χ3n) is 2.14. The molecular formula is C9H11ClO5. The molecule has 1 atom stereocenters. The first-order chi connectivity index (χ1) is 7.09. The van der Waals surface area contributed by atoms with Crippen LogP contribution in [-0.2, 0) is 19.2 Å². The molecule has 6 heteroatoms. The first-order valence-electron chi connectivity index (χ1n) is 4.13. The Bertz CT molecular complexity index is 316. The molecule has 0 amide bonds. The van der Waals surface area contributed by atoms with E-state index in [-0.39, 0.29) is 11.5 Å². The SMILES string of the molecule is COC(=O)C1=CCC(OC)(OO)C(Cl)=C1. The minimum Gasteiger partial charge on any atom is -0.465 e. The Kier molecular flexibility index (Phi) is 3.87. The molecule has 1 aliphatic rings. The van der Waals surface area contributed by atoms with E-state index in [1.165, 1.54) is 26.4 Å². The lowest BCUT2D eigenvalue weighted by Crippen LogP contribution is -2.36. The van der Waals surface area contributed by atoms with Gasteiger partial charge in [0.25, 0.3) is 0 Å². The molecule has 0 bridgehead atoms. The van der Waals surface area contributed by atoms with Crippen molar-refractivity contribution in [1.29, 1.82) is 0 Å². The summed E-state index contributed by atoms with van der Waals surface area (Å²) >= 11 is 5.84. The van der Waals surface area contributed by atoms with E-state index < -0.39 is 11.8 Å². The van der Waals surface area contributed by atoms with Crippen LogP contribution in [0.1, 0.15) is 6.42 Å². The second-order valence-corrected chi connectivity index (χ2v) is 3.30. The Morgan fingerprint density at radius 3 is 2.67 bits per heavy atom. The van der Waals surface area contributed by atoms with E-state index in [0.717, 1.165) is 0 Å². The Morgan fingerprint density at radius 2 is 2.27 bits per heavy atom. The maximum atomic E-state index is 11.2. The van der Waals surface area contributed by atoms with E-state index in [1.807, 2.05) is 0 Å². The first-order valence-corrected chi connectivity index (χ1v) is 4.51. The van der Waals surface area contributed by atoms with Crippen LogP contribution in [0.4, 0.5) is 0 Å². The standard InChI is InChI=1S/C9H11ClO5/c1-13-8(11)6-3-4-9(14-2,15-12)7(10)5-6/h3,5,12H,4H2,1-2H3. The number of halogens is 1. The largest absolute Gasteiger partial charge is 0.465 e. The Morgan fingerprint density at radius 1 is 1.60 bits per heavy atom. The van der Waals surface area contributed by atoms with Crippen molar-refractivity contribution in [3.05, 3.63) is 22.8 Å². The molecule has 0 fully saturated rings. The predicted molar refractivity (Wildman–Crippen MR) is 52.1 cm³/mol. The van der Waals surface area contributed by atoms with E-state index in [9.17, 15) is 4.79 Å². The minimum absolute atomic E-state index is 0.0791. The van der Waals surface area contributed by atoms with Crippen molar-refractivity contribution in [2.75, 3.05) is 14.2 Å². The van der Waals surface area contributed by atoms with Gasteiger partial charge < -0.3 is 9.47 Å². The van der Waals surface area contributed by atoms with Gasteiger partial charge in [0.15, 0.2) is 0 Å². The number of hydrogen-bond donors (Lipinski definition) is 1. The van der Waals surface area contributed by atoms with Crippen molar-refractivity contribution < 1.29 is 24.4 Å². The van der Waals surface area contributed by atoms with Gasteiger partial charge in [0, 0.05) is 13.5 Å². The smallest absolute Gasteiger partial charge is 0.337 e. The van der Waals surface area contributed by atoms with Crippen LogP contribution in [0.2, 0.25) is 0 Å². The average molecular weight is 235 g/mol. The van der Waals surface area contributed by atoms with Crippen molar-refractivity contribution in [2.24, 2.45) is 0 Å². The Labute approximate surface area is 91.8 Å². The molecule has 1 N–H and O–H groups in total. The number of esters is 1. The summed E-state index contributed by atoms with van der Waals surface area (Å²) in [5, 5.41) is 8.78. The third kappa shape index (κ3) is 2.21. The summed E-state index contributed by atoms with van der Waals surface area (Å²) in [7, 11) is 2.61. The molecule has 0 heterocycles. The van der Waals surface area contributed by atoms with E-state index in [0.29, 0.717) is 5.57 Å². The lowest BCUT2D eigenvalue weighted by atomic mass is 10.0. The summed E-state index contributed by atoms with van der Waals surface area (Å²) in [6.45, 7) is 0. The van der Waals surface area contributed by atoms with Crippen molar-refractivity contribution >= 4 is 17.6 Å². The number of ether oxygens (including phenoxy) is 2. The van der Waals surface area contributed by atoms with Gasteiger partial charge in [-0.1, -0.05) is 17.7 Å². The van der Waals surface area contributed by atoms with E-state index in [1.54, 1.807) is 0 Å². The molecule has 5 nitrogen and oxygen atoms in total. The highest BCUT2D eigenvalue weighted by Gasteiger charge is 2.38. The lowest BCUT2D eigenvalue weighted by molar-refractivity contribution is -0.379. The monoisotopic (exact) mass is 234 g/mol. The summed E-state index contributed by atoms with van der Waals surface area (Å²) in [5.74, 6) is -1.92. The fourth-order valence-electron chi connectivity index (χ4n) is 1.21. The normalized spacial score (nSPS) is 25.6. The highest BCUT2D eigenvalue weighted by Crippen LogP contribution is 2.34.